The number of allylic oxidation sites excluding steroid dienone is 1. The highest BCUT2D eigenvalue weighted by atomic mass is 32.1. The minimum atomic E-state index is 0.254. The molecule has 1 aromatic rings. The average Bonchev–Trinajstić information content (AvgIpc) is 3.14. The number of aldehydes is 1. The summed E-state index contributed by atoms with van der Waals surface area (Å²) in [6.07, 6.45) is 14.5. The lowest BCUT2D eigenvalue weighted by Crippen LogP contribution is -2.26. The minimum absolute atomic E-state index is 0.254. The number of hydrogen-bond acceptors (Lipinski definition) is 4. The first kappa shape index (κ1) is 20.3. The quantitative estimate of drug-likeness (QED) is 0.514. The van der Waals surface area contributed by atoms with E-state index in [4.69, 9.17) is 4.74 Å². The molecule has 1 aliphatic heterocycles. The Kier molecular flexibility index (Phi) is 7.69. The molecule has 1 fully saturated rings. The number of fused-ring (bicyclic) bond motifs is 1. The first-order chi connectivity index (χ1) is 13.2. The molecule has 0 amide bonds. The van der Waals surface area contributed by atoms with Crippen molar-refractivity contribution in [3.05, 3.63) is 33.7 Å². The number of unbranched alkanes of at least 4 members (excludes halogenated alkanes) is 1. The number of ether oxygens (including phenoxy) is 1. The maximum Gasteiger partial charge on any atom is 0.222 e. The molecule has 0 spiro atoms. The molecule has 148 valence electrons. The van der Waals surface area contributed by atoms with Crippen LogP contribution in [0.5, 0.6) is 0 Å². The third-order valence-corrected chi connectivity index (χ3v) is 6.93. The Labute approximate surface area is 167 Å². The average molecular weight is 388 g/mol. The number of carbonyl (C=O) groups is 1. The van der Waals surface area contributed by atoms with Crippen LogP contribution in [-0.2, 0) is 16.0 Å². The summed E-state index contributed by atoms with van der Waals surface area (Å²) in [6, 6.07) is 2.15. The number of aliphatic imine (C=N–C) groups is 1. The second kappa shape index (κ2) is 10.2. The van der Waals surface area contributed by atoms with Crippen LogP contribution < -0.4 is 0 Å². The molecule has 2 heterocycles. The van der Waals surface area contributed by atoms with Gasteiger partial charge in [0.1, 0.15) is 12.4 Å². The van der Waals surface area contributed by atoms with Gasteiger partial charge in [-0.15, -0.1) is 11.3 Å². The fraction of sp³-hybridized carbons (Fsp3) is 0.652. The molecule has 0 bridgehead atoms. The number of carbonyl (C=O) groups excluding carboxylic acids is 1. The SMILES string of the molecule is CCCCC(C=O)CC1CCC(OC2=NC=C(C)CCc3sccc32)CC1. The zero-order valence-electron chi connectivity index (χ0n) is 16.8. The van der Waals surface area contributed by atoms with Gasteiger partial charge in [0, 0.05) is 17.0 Å². The van der Waals surface area contributed by atoms with Crippen LogP contribution in [0.4, 0.5) is 0 Å². The summed E-state index contributed by atoms with van der Waals surface area (Å²) >= 11 is 1.81. The lowest BCUT2D eigenvalue weighted by molar-refractivity contribution is -0.111. The first-order valence-electron chi connectivity index (χ1n) is 10.6. The van der Waals surface area contributed by atoms with E-state index in [2.05, 4.69) is 30.3 Å². The molecule has 1 aliphatic carbocycles. The van der Waals surface area contributed by atoms with Gasteiger partial charge in [0.15, 0.2) is 0 Å². The lowest BCUT2D eigenvalue weighted by Gasteiger charge is -2.30. The molecule has 0 saturated heterocycles. The van der Waals surface area contributed by atoms with E-state index in [9.17, 15) is 4.79 Å². The van der Waals surface area contributed by atoms with Crippen LogP contribution in [0.15, 0.2) is 28.2 Å². The van der Waals surface area contributed by atoms with Crippen LogP contribution in [0.1, 0.15) is 82.1 Å². The summed E-state index contributed by atoms with van der Waals surface area (Å²) in [5, 5.41) is 2.15. The van der Waals surface area contributed by atoms with Crippen LogP contribution in [0, 0.1) is 11.8 Å². The van der Waals surface area contributed by atoms with Crippen molar-refractivity contribution >= 4 is 23.5 Å². The van der Waals surface area contributed by atoms with Crippen LogP contribution in [0.3, 0.4) is 0 Å². The van der Waals surface area contributed by atoms with E-state index in [1.54, 1.807) is 0 Å². The first-order valence-corrected chi connectivity index (χ1v) is 11.5. The van der Waals surface area contributed by atoms with E-state index in [0.717, 1.165) is 50.8 Å². The second-order valence-corrected chi connectivity index (χ2v) is 9.20. The van der Waals surface area contributed by atoms with Crippen molar-refractivity contribution in [2.75, 3.05) is 0 Å². The summed E-state index contributed by atoms with van der Waals surface area (Å²) in [7, 11) is 0. The molecule has 1 saturated carbocycles. The summed E-state index contributed by atoms with van der Waals surface area (Å²) in [6.45, 7) is 4.34. The molecular formula is C23H33NO2S. The second-order valence-electron chi connectivity index (χ2n) is 8.20. The van der Waals surface area contributed by atoms with Gasteiger partial charge < -0.3 is 9.53 Å². The van der Waals surface area contributed by atoms with Crippen LogP contribution in [0.2, 0.25) is 0 Å². The van der Waals surface area contributed by atoms with Crippen molar-refractivity contribution in [1.82, 2.24) is 0 Å². The van der Waals surface area contributed by atoms with E-state index in [0.29, 0.717) is 5.92 Å². The smallest absolute Gasteiger partial charge is 0.222 e. The van der Waals surface area contributed by atoms with Gasteiger partial charge in [-0.2, -0.15) is 0 Å². The molecule has 27 heavy (non-hydrogen) atoms. The van der Waals surface area contributed by atoms with Gasteiger partial charge in [-0.1, -0.05) is 25.3 Å². The number of rotatable bonds is 7. The number of aryl methyl sites for hydroxylation is 1. The van der Waals surface area contributed by atoms with Crippen molar-refractivity contribution in [3.63, 3.8) is 0 Å². The third-order valence-electron chi connectivity index (χ3n) is 5.95. The fourth-order valence-corrected chi connectivity index (χ4v) is 5.08. The van der Waals surface area contributed by atoms with Gasteiger partial charge in [0.25, 0.3) is 0 Å². The van der Waals surface area contributed by atoms with Crippen molar-refractivity contribution < 1.29 is 9.53 Å². The largest absolute Gasteiger partial charge is 0.474 e. The Hall–Kier alpha value is -1.42. The van der Waals surface area contributed by atoms with Gasteiger partial charge in [-0.05, 0) is 75.7 Å². The van der Waals surface area contributed by atoms with Gasteiger partial charge in [-0.25, -0.2) is 4.99 Å². The normalized spacial score (nSPS) is 24.1. The highest BCUT2D eigenvalue weighted by Gasteiger charge is 2.26. The van der Waals surface area contributed by atoms with E-state index < -0.39 is 0 Å². The van der Waals surface area contributed by atoms with Crippen molar-refractivity contribution in [3.8, 4) is 0 Å². The van der Waals surface area contributed by atoms with Crippen LogP contribution in [-0.4, -0.2) is 18.3 Å². The van der Waals surface area contributed by atoms with Crippen molar-refractivity contribution in [1.29, 1.82) is 0 Å². The summed E-state index contributed by atoms with van der Waals surface area (Å²) < 4.78 is 6.39. The van der Waals surface area contributed by atoms with Crippen LogP contribution in [0.25, 0.3) is 0 Å². The number of hydrogen-bond donors (Lipinski definition) is 0. The molecular weight excluding hydrogens is 354 g/mol. The van der Waals surface area contributed by atoms with Crippen molar-refractivity contribution in [2.45, 2.75) is 84.2 Å². The molecule has 1 atom stereocenters. The molecule has 1 aromatic heterocycles. The van der Waals surface area contributed by atoms with Gasteiger partial charge >= 0.3 is 0 Å². The van der Waals surface area contributed by atoms with Crippen molar-refractivity contribution in [2.24, 2.45) is 16.8 Å². The minimum Gasteiger partial charge on any atom is -0.474 e. The molecule has 1 unspecified atom stereocenters. The Morgan fingerprint density at radius 1 is 1.30 bits per heavy atom. The Balaban J connectivity index is 1.55. The highest BCUT2D eigenvalue weighted by molar-refractivity contribution is 7.10. The number of nitrogens with zero attached hydrogens (tertiary/aromatic N) is 1. The molecule has 0 N–H and O–H groups in total. The molecule has 3 rings (SSSR count). The van der Waals surface area contributed by atoms with Gasteiger partial charge in [-0.3, -0.25) is 0 Å². The van der Waals surface area contributed by atoms with E-state index in [1.165, 1.54) is 41.6 Å². The lowest BCUT2D eigenvalue weighted by atomic mass is 9.81. The van der Waals surface area contributed by atoms with Gasteiger partial charge in [0.05, 0.1) is 5.56 Å². The highest BCUT2D eigenvalue weighted by Crippen LogP contribution is 2.33. The molecule has 0 radical (unpaired) electrons. The standard InChI is InChI=1S/C23H33NO2S/c1-3-4-5-19(16-25)14-18-7-9-20(10-8-18)26-23-21-12-13-27-22(21)11-6-17(2)15-24-23/h12-13,15-16,18-20H,3-11,14H2,1-2H3. The summed E-state index contributed by atoms with van der Waals surface area (Å²) in [5.41, 5.74) is 2.50. The van der Waals surface area contributed by atoms with Crippen LogP contribution >= 0.6 is 11.3 Å². The van der Waals surface area contributed by atoms with E-state index in [-0.39, 0.29) is 12.0 Å². The molecule has 4 heteroatoms. The monoisotopic (exact) mass is 387 g/mol. The predicted octanol–water partition coefficient (Wildman–Crippen LogP) is 6.32. The zero-order valence-corrected chi connectivity index (χ0v) is 17.6. The zero-order chi connectivity index (χ0) is 19.1. The van der Waals surface area contributed by atoms with E-state index >= 15 is 0 Å². The number of thiophene rings is 1. The maximum atomic E-state index is 11.3. The fourth-order valence-electron chi connectivity index (χ4n) is 4.21. The summed E-state index contributed by atoms with van der Waals surface area (Å²) in [5.74, 6) is 1.74. The third kappa shape index (κ3) is 5.78. The topological polar surface area (TPSA) is 38.7 Å². The Morgan fingerprint density at radius 3 is 2.85 bits per heavy atom. The molecule has 3 nitrogen and oxygen atoms in total. The maximum absolute atomic E-state index is 11.3. The van der Waals surface area contributed by atoms with E-state index in [1.807, 2.05) is 17.5 Å². The Morgan fingerprint density at radius 2 is 2.11 bits per heavy atom. The summed E-state index contributed by atoms with van der Waals surface area (Å²) in [4.78, 5) is 17.4. The molecule has 2 aliphatic rings. The van der Waals surface area contributed by atoms with Gasteiger partial charge in [0.2, 0.25) is 5.90 Å². The predicted molar refractivity (Wildman–Crippen MR) is 113 cm³/mol. The Bertz CT molecular complexity index is 668. The molecule has 0 aromatic carbocycles.